The highest BCUT2D eigenvalue weighted by Crippen LogP contribution is 2.57. The largest absolute Gasteiger partial charge is 0.481 e. The van der Waals surface area contributed by atoms with Gasteiger partial charge in [0.15, 0.2) is 0 Å². The molecule has 1 atom stereocenters. The Bertz CT molecular complexity index is 367. The van der Waals surface area contributed by atoms with Gasteiger partial charge in [0.05, 0.1) is 6.61 Å². The third-order valence-corrected chi connectivity index (χ3v) is 5.33. The van der Waals surface area contributed by atoms with Crippen LogP contribution in [-0.4, -0.2) is 21.3 Å². The van der Waals surface area contributed by atoms with Crippen molar-refractivity contribution in [3.8, 4) is 0 Å². The molecule has 22 heavy (non-hydrogen) atoms. The molecule has 9 heteroatoms. The topological polar surface area (TPSA) is 113 Å². The summed E-state index contributed by atoms with van der Waals surface area (Å²) >= 11 is 0. The molecular formula is C13H30O7P2. The van der Waals surface area contributed by atoms with Gasteiger partial charge >= 0.3 is 15.6 Å². The molecule has 0 heterocycles. The van der Waals surface area contributed by atoms with Crippen molar-refractivity contribution >= 4 is 15.6 Å². The van der Waals surface area contributed by atoms with Crippen LogP contribution in [0.4, 0.5) is 0 Å². The second-order valence-electron chi connectivity index (χ2n) is 5.88. The summed E-state index contributed by atoms with van der Waals surface area (Å²) in [6, 6.07) is 0. The van der Waals surface area contributed by atoms with E-state index in [0.717, 1.165) is 25.2 Å². The summed E-state index contributed by atoms with van der Waals surface area (Å²) in [5.41, 5.74) is 0. The Labute approximate surface area is 133 Å². The van der Waals surface area contributed by atoms with Gasteiger partial charge < -0.3 is 14.7 Å². The van der Waals surface area contributed by atoms with Crippen LogP contribution in [0.15, 0.2) is 0 Å². The first-order valence-electron chi connectivity index (χ1n) is 7.86. The molecule has 0 amide bonds. The molecule has 0 rings (SSSR count). The summed E-state index contributed by atoms with van der Waals surface area (Å²) in [5, 5.41) is 0. The molecule has 0 aliphatic rings. The Kier molecular flexibility index (Phi) is 11.9. The summed E-state index contributed by atoms with van der Waals surface area (Å²) in [6.45, 7) is 4.42. The maximum atomic E-state index is 11.1. The van der Waals surface area contributed by atoms with Crippen LogP contribution >= 0.6 is 15.6 Å². The summed E-state index contributed by atoms with van der Waals surface area (Å²) in [4.78, 5) is 25.9. The molecule has 0 bridgehead atoms. The molecule has 7 nitrogen and oxygen atoms in total. The Balaban J connectivity index is 3.40. The summed E-state index contributed by atoms with van der Waals surface area (Å²) < 4.78 is 29.7. The van der Waals surface area contributed by atoms with Crippen molar-refractivity contribution in [3.05, 3.63) is 0 Å². The van der Waals surface area contributed by atoms with Gasteiger partial charge in [-0.05, 0) is 12.3 Å². The summed E-state index contributed by atoms with van der Waals surface area (Å²) in [7, 11) is -9.67. The number of unbranched alkanes of at least 4 members (excludes halogenated alkanes) is 7. The first kappa shape index (κ1) is 22.3. The highest BCUT2D eigenvalue weighted by Gasteiger charge is 2.31. The average molecular weight is 360 g/mol. The van der Waals surface area contributed by atoms with Crippen molar-refractivity contribution in [2.45, 2.75) is 71.6 Å². The lowest BCUT2D eigenvalue weighted by molar-refractivity contribution is 0.176. The van der Waals surface area contributed by atoms with Crippen molar-refractivity contribution in [2.75, 3.05) is 6.61 Å². The number of phosphoric acid groups is 2. The normalized spacial score (nSPS) is 15.2. The lowest BCUT2D eigenvalue weighted by Gasteiger charge is -2.12. The molecule has 0 aromatic heterocycles. The van der Waals surface area contributed by atoms with Gasteiger partial charge in [-0.1, -0.05) is 65.2 Å². The number of phosphoric ester groups is 1. The second-order valence-corrected chi connectivity index (χ2v) is 8.71. The molecule has 3 N–H and O–H groups in total. The van der Waals surface area contributed by atoms with E-state index in [2.05, 4.69) is 22.7 Å². The fraction of sp³-hybridized carbons (Fsp3) is 1.00. The van der Waals surface area contributed by atoms with Crippen LogP contribution in [0.25, 0.3) is 0 Å². The molecule has 0 fully saturated rings. The van der Waals surface area contributed by atoms with E-state index < -0.39 is 15.6 Å². The standard InChI is InChI=1S/C13H30O7P2/c1-13(2)11-9-7-5-3-4-6-8-10-12-19-22(17,18)20-21(14,15)16/h13H,3-12H2,1-2H3,(H,17,18)(H2,14,15,16). The minimum Gasteiger partial charge on any atom is -0.302 e. The zero-order valence-corrected chi connectivity index (χ0v) is 15.3. The van der Waals surface area contributed by atoms with E-state index in [9.17, 15) is 9.13 Å². The number of rotatable bonds is 14. The smallest absolute Gasteiger partial charge is 0.302 e. The van der Waals surface area contributed by atoms with E-state index >= 15 is 0 Å². The molecule has 1 unspecified atom stereocenters. The van der Waals surface area contributed by atoms with Gasteiger partial charge in [-0.15, -0.1) is 0 Å². The van der Waals surface area contributed by atoms with E-state index in [1.807, 2.05) is 0 Å². The van der Waals surface area contributed by atoms with Crippen molar-refractivity contribution in [1.29, 1.82) is 0 Å². The van der Waals surface area contributed by atoms with Gasteiger partial charge in [0.2, 0.25) is 0 Å². The Morgan fingerprint density at radius 1 is 0.818 bits per heavy atom. The lowest BCUT2D eigenvalue weighted by Crippen LogP contribution is -1.96. The van der Waals surface area contributed by atoms with Gasteiger partial charge in [-0.2, -0.15) is 4.31 Å². The predicted octanol–water partition coefficient (Wildman–Crippen LogP) is 4.38. The molecule has 0 radical (unpaired) electrons. The highest BCUT2D eigenvalue weighted by molar-refractivity contribution is 7.60. The van der Waals surface area contributed by atoms with Crippen molar-refractivity contribution in [1.82, 2.24) is 0 Å². The predicted molar refractivity (Wildman–Crippen MR) is 85.3 cm³/mol. The maximum absolute atomic E-state index is 11.1. The highest BCUT2D eigenvalue weighted by atomic mass is 31.3. The molecule has 0 spiro atoms. The fourth-order valence-corrected chi connectivity index (χ4v) is 3.68. The van der Waals surface area contributed by atoms with Gasteiger partial charge in [-0.3, -0.25) is 4.52 Å². The summed E-state index contributed by atoms with van der Waals surface area (Å²) in [6.07, 6.45) is 9.83. The van der Waals surface area contributed by atoms with Crippen LogP contribution in [-0.2, 0) is 18.0 Å². The molecule has 0 aromatic rings. The number of hydrogen-bond acceptors (Lipinski definition) is 4. The Hall–Kier alpha value is 0.260. The summed E-state index contributed by atoms with van der Waals surface area (Å²) in [5.74, 6) is 0.775. The van der Waals surface area contributed by atoms with Gasteiger partial charge in [0.1, 0.15) is 0 Å². The van der Waals surface area contributed by atoms with E-state index in [4.69, 9.17) is 14.7 Å². The molecule has 0 aromatic carbocycles. The quantitative estimate of drug-likeness (QED) is 0.311. The molecule has 0 aliphatic heterocycles. The van der Waals surface area contributed by atoms with Crippen LogP contribution in [0.2, 0.25) is 0 Å². The van der Waals surface area contributed by atoms with Crippen molar-refractivity contribution in [3.63, 3.8) is 0 Å². The second kappa shape index (κ2) is 11.7. The third-order valence-electron chi connectivity index (χ3n) is 3.14. The molecule has 0 aliphatic carbocycles. The maximum Gasteiger partial charge on any atom is 0.481 e. The van der Waals surface area contributed by atoms with E-state index in [1.54, 1.807) is 0 Å². The van der Waals surface area contributed by atoms with Crippen LogP contribution in [0, 0.1) is 5.92 Å². The fourth-order valence-electron chi connectivity index (χ4n) is 2.05. The third kappa shape index (κ3) is 16.6. The first-order valence-corrected chi connectivity index (χ1v) is 10.9. The first-order chi connectivity index (χ1) is 10.1. The minimum atomic E-state index is -5.01. The average Bonchev–Trinajstić information content (AvgIpc) is 2.32. The molecular weight excluding hydrogens is 330 g/mol. The van der Waals surface area contributed by atoms with Crippen LogP contribution in [0.5, 0.6) is 0 Å². The van der Waals surface area contributed by atoms with Crippen LogP contribution < -0.4 is 0 Å². The molecule has 134 valence electrons. The zero-order valence-electron chi connectivity index (χ0n) is 13.5. The van der Waals surface area contributed by atoms with E-state index in [-0.39, 0.29) is 6.61 Å². The minimum absolute atomic E-state index is 0.0534. The Morgan fingerprint density at radius 3 is 1.73 bits per heavy atom. The van der Waals surface area contributed by atoms with Crippen molar-refractivity contribution in [2.24, 2.45) is 5.92 Å². The van der Waals surface area contributed by atoms with Crippen LogP contribution in [0.3, 0.4) is 0 Å². The van der Waals surface area contributed by atoms with Gasteiger partial charge in [-0.25, -0.2) is 9.13 Å². The molecule has 0 saturated heterocycles. The lowest BCUT2D eigenvalue weighted by atomic mass is 10.0. The van der Waals surface area contributed by atoms with E-state index in [0.29, 0.717) is 6.42 Å². The van der Waals surface area contributed by atoms with Crippen molar-refractivity contribution < 1.29 is 32.6 Å². The van der Waals surface area contributed by atoms with Gasteiger partial charge in [0.25, 0.3) is 0 Å². The number of hydrogen-bond donors (Lipinski definition) is 3. The monoisotopic (exact) mass is 360 g/mol. The molecule has 0 saturated carbocycles. The van der Waals surface area contributed by atoms with Crippen LogP contribution in [0.1, 0.15) is 71.6 Å². The zero-order chi connectivity index (χ0) is 17.1. The Morgan fingerprint density at radius 2 is 1.27 bits per heavy atom. The SMILES string of the molecule is CC(C)CCCCCCCCCCOP(=O)(O)OP(=O)(O)O. The van der Waals surface area contributed by atoms with E-state index in [1.165, 1.54) is 32.1 Å². The van der Waals surface area contributed by atoms with Gasteiger partial charge in [0, 0.05) is 0 Å².